The lowest BCUT2D eigenvalue weighted by Gasteiger charge is -2.24. The monoisotopic (exact) mass is 277 g/mol. The SMILES string of the molecule is CCCNCC(Cc1ccc(C)cc1)C(C)CCOC. The lowest BCUT2D eigenvalue weighted by atomic mass is 9.86. The molecule has 0 amide bonds. The zero-order valence-electron chi connectivity index (χ0n) is 13.6. The first kappa shape index (κ1) is 17.2. The molecule has 0 aliphatic rings. The van der Waals surface area contributed by atoms with E-state index in [0.29, 0.717) is 11.8 Å². The average molecular weight is 277 g/mol. The van der Waals surface area contributed by atoms with Gasteiger partial charge in [-0.05, 0) is 56.7 Å². The molecule has 2 heteroatoms. The van der Waals surface area contributed by atoms with E-state index in [1.54, 1.807) is 7.11 Å². The quantitative estimate of drug-likeness (QED) is 0.656. The van der Waals surface area contributed by atoms with Crippen LogP contribution in [0.4, 0.5) is 0 Å². The minimum atomic E-state index is 0.680. The molecule has 2 unspecified atom stereocenters. The van der Waals surface area contributed by atoms with Crippen LogP contribution in [0.2, 0.25) is 0 Å². The molecule has 1 aromatic carbocycles. The topological polar surface area (TPSA) is 21.3 Å². The zero-order valence-corrected chi connectivity index (χ0v) is 13.6. The first-order valence-corrected chi connectivity index (χ1v) is 7.92. The van der Waals surface area contributed by atoms with Crippen LogP contribution in [0.3, 0.4) is 0 Å². The third-order valence-corrected chi connectivity index (χ3v) is 4.03. The number of methoxy groups -OCH3 is 1. The fourth-order valence-corrected chi connectivity index (χ4v) is 2.51. The predicted molar refractivity (Wildman–Crippen MR) is 87.2 cm³/mol. The molecular weight excluding hydrogens is 246 g/mol. The Labute approximate surface area is 124 Å². The van der Waals surface area contributed by atoms with Crippen LogP contribution in [0.25, 0.3) is 0 Å². The molecule has 0 aliphatic carbocycles. The second kappa shape index (κ2) is 9.95. The van der Waals surface area contributed by atoms with Crippen LogP contribution in [-0.4, -0.2) is 26.8 Å². The van der Waals surface area contributed by atoms with Crippen molar-refractivity contribution in [1.82, 2.24) is 5.32 Å². The fraction of sp³-hybridized carbons (Fsp3) is 0.667. The second-order valence-corrected chi connectivity index (χ2v) is 5.91. The van der Waals surface area contributed by atoms with Gasteiger partial charge < -0.3 is 10.1 Å². The van der Waals surface area contributed by atoms with Crippen molar-refractivity contribution in [1.29, 1.82) is 0 Å². The third kappa shape index (κ3) is 6.53. The highest BCUT2D eigenvalue weighted by molar-refractivity contribution is 5.21. The van der Waals surface area contributed by atoms with E-state index in [2.05, 4.69) is 50.4 Å². The molecule has 1 aromatic rings. The largest absolute Gasteiger partial charge is 0.385 e. The van der Waals surface area contributed by atoms with Gasteiger partial charge in [0, 0.05) is 13.7 Å². The van der Waals surface area contributed by atoms with Gasteiger partial charge in [-0.25, -0.2) is 0 Å². The number of nitrogens with one attached hydrogen (secondary N) is 1. The fourth-order valence-electron chi connectivity index (χ4n) is 2.51. The van der Waals surface area contributed by atoms with Gasteiger partial charge in [0.05, 0.1) is 0 Å². The van der Waals surface area contributed by atoms with E-state index in [1.165, 1.54) is 17.5 Å². The molecule has 0 spiro atoms. The Kier molecular flexibility index (Phi) is 8.56. The summed E-state index contributed by atoms with van der Waals surface area (Å²) in [5.74, 6) is 1.36. The van der Waals surface area contributed by atoms with Gasteiger partial charge in [-0.1, -0.05) is 43.7 Å². The average Bonchev–Trinajstić information content (AvgIpc) is 2.46. The van der Waals surface area contributed by atoms with Crippen molar-refractivity contribution in [3.05, 3.63) is 35.4 Å². The molecule has 0 aliphatic heterocycles. The molecule has 1 N–H and O–H groups in total. The van der Waals surface area contributed by atoms with Gasteiger partial charge in [0.15, 0.2) is 0 Å². The van der Waals surface area contributed by atoms with Crippen molar-refractivity contribution in [3.8, 4) is 0 Å². The normalized spacial score (nSPS) is 14.2. The molecule has 0 aromatic heterocycles. The van der Waals surface area contributed by atoms with E-state index < -0.39 is 0 Å². The number of benzene rings is 1. The molecule has 0 saturated heterocycles. The molecule has 0 bridgehead atoms. The number of ether oxygens (including phenoxy) is 1. The van der Waals surface area contributed by atoms with E-state index in [-0.39, 0.29) is 0 Å². The minimum absolute atomic E-state index is 0.680. The summed E-state index contributed by atoms with van der Waals surface area (Å²) in [6, 6.07) is 8.97. The molecule has 0 saturated carbocycles. The summed E-state index contributed by atoms with van der Waals surface area (Å²) in [7, 11) is 1.79. The highest BCUT2D eigenvalue weighted by Crippen LogP contribution is 2.20. The van der Waals surface area contributed by atoms with Gasteiger partial charge in [-0.15, -0.1) is 0 Å². The van der Waals surface area contributed by atoms with Crippen LogP contribution in [0.5, 0.6) is 0 Å². The molecule has 0 fully saturated rings. The molecule has 2 atom stereocenters. The summed E-state index contributed by atoms with van der Waals surface area (Å²) in [5.41, 5.74) is 2.78. The lowest BCUT2D eigenvalue weighted by Crippen LogP contribution is -2.30. The molecule has 114 valence electrons. The van der Waals surface area contributed by atoms with Gasteiger partial charge in [-0.2, -0.15) is 0 Å². The molecular formula is C18H31NO. The van der Waals surface area contributed by atoms with E-state index >= 15 is 0 Å². The predicted octanol–water partition coefficient (Wildman–Crippen LogP) is 3.83. The highest BCUT2D eigenvalue weighted by atomic mass is 16.5. The first-order chi connectivity index (χ1) is 9.67. The summed E-state index contributed by atoms with van der Waals surface area (Å²) in [4.78, 5) is 0. The number of hydrogen-bond acceptors (Lipinski definition) is 2. The Hall–Kier alpha value is -0.860. The minimum Gasteiger partial charge on any atom is -0.385 e. The van der Waals surface area contributed by atoms with Gasteiger partial charge in [-0.3, -0.25) is 0 Å². The van der Waals surface area contributed by atoms with Crippen LogP contribution in [0.1, 0.15) is 37.8 Å². The maximum atomic E-state index is 5.23. The summed E-state index contributed by atoms with van der Waals surface area (Å²) in [5, 5.41) is 3.58. The van der Waals surface area contributed by atoms with Crippen LogP contribution in [0, 0.1) is 18.8 Å². The Morgan fingerprint density at radius 1 is 1.20 bits per heavy atom. The van der Waals surface area contributed by atoms with Crippen molar-refractivity contribution in [2.75, 3.05) is 26.8 Å². The standard InChI is InChI=1S/C18H31NO/c1-5-11-19-14-18(16(3)10-12-20-4)13-17-8-6-15(2)7-9-17/h6-9,16,18-19H,5,10-14H2,1-4H3. The van der Waals surface area contributed by atoms with Gasteiger partial charge in [0.1, 0.15) is 0 Å². The number of rotatable bonds is 10. The van der Waals surface area contributed by atoms with Crippen molar-refractivity contribution in [2.45, 2.75) is 40.0 Å². The third-order valence-electron chi connectivity index (χ3n) is 4.03. The van der Waals surface area contributed by atoms with Gasteiger partial charge in [0.25, 0.3) is 0 Å². The van der Waals surface area contributed by atoms with Crippen molar-refractivity contribution < 1.29 is 4.74 Å². The van der Waals surface area contributed by atoms with Crippen LogP contribution in [-0.2, 0) is 11.2 Å². The Bertz CT molecular complexity index is 347. The maximum absolute atomic E-state index is 5.23. The van der Waals surface area contributed by atoms with Crippen LogP contribution >= 0.6 is 0 Å². The smallest absolute Gasteiger partial charge is 0.0464 e. The van der Waals surface area contributed by atoms with Crippen LogP contribution < -0.4 is 5.32 Å². The Morgan fingerprint density at radius 3 is 2.50 bits per heavy atom. The van der Waals surface area contributed by atoms with Gasteiger partial charge >= 0.3 is 0 Å². The summed E-state index contributed by atoms with van der Waals surface area (Å²) >= 11 is 0. The number of hydrogen-bond donors (Lipinski definition) is 1. The second-order valence-electron chi connectivity index (χ2n) is 5.91. The van der Waals surface area contributed by atoms with Crippen molar-refractivity contribution in [3.63, 3.8) is 0 Å². The van der Waals surface area contributed by atoms with Crippen molar-refractivity contribution in [2.24, 2.45) is 11.8 Å². The molecule has 2 nitrogen and oxygen atoms in total. The first-order valence-electron chi connectivity index (χ1n) is 7.92. The van der Waals surface area contributed by atoms with E-state index in [0.717, 1.165) is 32.5 Å². The van der Waals surface area contributed by atoms with E-state index in [4.69, 9.17) is 4.74 Å². The molecule has 0 heterocycles. The molecule has 0 radical (unpaired) electrons. The van der Waals surface area contributed by atoms with Crippen molar-refractivity contribution >= 4 is 0 Å². The molecule has 1 rings (SSSR count). The summed E-state index contributed by atoms with van der Waals surface area (Å²) < 4.78 is 5.23. The summed E-state index contributed by atoms with van der Waals surface area (Å²) in [6.07, 6.45) is 3.49. The van der Waals surface area contributed by atoms with E-state index in [9.17, 15) is 0 Å². The van der Waals surface area contributed by atoms with E-state index in [1.807, 2.05) is 0 Å². The number of aryl methyl sites for hydroxylation is 1. The van der Waals surface area contributed by atoms with Gasteiger partial charge in [0.2, 0.25) is 0 Å². The highest BCUT2D eigenvalue weighted by Gasteiger charge is 2.17. The Morgan fingerprint density at radius 2 is 1.90 bits per heavy atom. The lowest BCUT2D eigenvalue weighted by molar-refractivity contribution is 0.164. The Balaban J connectivity index is 2.58. The summed E-state index contributed by atoms with van der Waals surface area (Å²) in [6.45, 7) is 9.79. The zero-order chi connectivity index (χ0) is 14.8. The van der Waals surface area contributed by atoms with Crippen LogP contribution in [0.15, 0.2) is 24.3 Å². The molecule has 20 heavy (non-hydrogen) atoms. The maximum Gasteiger partial charge on any atom is 0.0464 e.